The van der Waals surface area contributed by atoms with E-state index in [9.17, 15) is 15.2 Å². The number of nitriles is 1. The summed E-state index contributed by atoms with van der Waals surface area (Å²) in [6.07, 6.45) is 1.96. The quantitative estimate of drug-likeness (QED) is 0.855. The van der Waals surface area contributed by atoms with Gasteiger partial charge in [-0.15, -0.1) is 0 Å². The zero-order chi connectivity index (χ0) is 19.0. The number of allylic oxidation sites excluding steroid dienone is 3. The standard InChI is InChI=1S/C22H19N3O2/c23-13-17-20(14-9-11-16(26)12-10-14)21-18(7-4-8-19(21)27)25(22(17)24)15-5-2-1-3-6-15/h1-3,5-6,9-12,20,26H,4,7-8,24H2. The number of rotatable bonds is 2. The predicted molar refractivity (Wildman–Crippen MR) is 102 cm³/mol. The van der Waals surface area contributed by atoms with Crippen LogP contribution in [-0.2, 0) is 4.79 Å². The van der Waals surface area contributed by atoms with E-state index in [0.717, 1.165) is 29.8 Å². The van der Waals surface area contributed by atoms with Crippen LogP contribution in [0.5, 0.6) is 5.75 Å². The highest BCUT2D eigenvalue weighted by Gasteiger charge is 2.40. The summed E-state index contributed by atoms with van der Waals surface area (Å²) >= 11 is 0. The Morgan fingerprint density at radius 3 is 2.44 bits per heavy atom. The van der Waals surface area contributed by atoms with Gasteiger partial charge in [-0.1, -0.05) is 30.3 Å². The molecule has 1 aliphatic heterocycles. The number of carbonyl (C=O) groups excluding carboxylic acids is 1. The van der Waals surface area contributed by atoms with Gasteiger partial charge in [0.1, 0.15) is 11.6 Å². The lowest BCUT2D eigenvalue weighted by Crippen LogP contribution is -2.38. The number of anilines is 1. The van der Waals surface area contributed by atoms with Crippen LogP contribution in [-0.4, -0.2) is 10.9 Å². The Bertz CT molecular complexity index is 998. The summed E-state index contributed by atoms with van der Waals surface area (Å²) in [4.78, 5) is 14.8. The van der Waals surface area contributed by atoms with Gasteiger partial charge in [-0.05, 0) is 42.7 Å². The van der Waals surface area contributed by atoms with Crippen molar-refractivity contribution in [1.82, 2.24) is 0 Å². The fraction of sp³-hybridized carbons (Fsp3) is 0.182. The van der Waals surface area contributed by atoms with Crippen molar-refractivity contribution in [2.45, 2.75) is 25.2 Å². The number of Topliss-reactive ketones (excluding diaryl/α,β-unsaturated/α-hetero) is 1. The van der Waals surface area contributed by atoms with Gasteiger partial charge >= 0.3 is 0 Å². The summed E-state index contributed by atoms with van der Waals surface area (Å²) in [6, 6.07) is 18.4. The number of phenolic OH excluding ortho intramolecular Hbond substituents is 1. The van der Waals surface area contributed by atoms with Gasteiger partial charge in [0, 0.05) is 23.4 Å². The molecule has 134 valence electrons. The summed E-state index contributed by atoms with van der Waals surface area (Å²) < 4.78 is 0. The number of hydrogen-bond acceptors (Lipinski definition) is 5. The minimum Gasteiger partial charge on any atom is -0.508 e. The maximum atomic E-state index is 12.9. The number of hydrogen-bond donors (Lipinski definition) is 2. The molecule has 2 aromatic rings. The van der Waals surface area contributed by atoms with Crippen LogP contribution in [0.1, 0.15) is 30.7 Å². The summed E-state index contributed by atoms with van der Waals surface area (Å²) in [5.74, 6) is 0.0456. The van der Waals surface area contributed by atoms with E-state index in [-0.39, 0.29) is 11.5 Å². The third kappa shape index (κ3) is 2.76. The van der Waals surface area contributed by atoms with Crippen molar-refractivity contribution in [2.24, 2.45) is 5.73 Å². The molecule has 0 bridgehead atoms. The van der Waals surface area contributed by atoms with Gasteiger partial charge in [-0.25, -0.2) is 0 Å². The molecular weight excluding hydrogens is 338 g/mol. The molecule has 1 atom stereocenters. The highest BCUT2D eigenvalue weighted by Crippen LogP contribution is 2.46. The molecule has 1 aliphatic carbocycles. The predicted octanol–water partition coefficient (Wildman–Crippen LogP) is 3.70. The molecule has 2 aliphatic rings. The van der Waals surface area contributed by atoms with E-state index in [0.29, 0.717) is 23.4 Å². The van der Waals surface area contributed by atoms with Gasteiger partial charge in [0.25, 0.3) is 0 Å². The molecule has 4 rings (SSSR count). The molecule has 5 heteroatoms. The number of para-hydroxylation sites is 1. The van der Waals surface area contributed by atoms with Crippen LogP contribution in [0.3, 0.4) is 0 Å². The molecule has 0 radical (unpaired) electrons. The van der Waals surface area contributed by atoms with Crippen molar-refractivity contribution in [2.75, 3.05) is 4.90 Å². The normalized spacial score (nSPS) is 19.7. The zero-order valence-corrected chi connectivity index (χ0v) is 14.7. The van der Waals surface area contributed by atoms with E-state index in [1.54, 1.807) is 24.3 Å². The van der Waals surface area contributed by atoms with Crippen LogP contribution >= 0.6 is 0 Å². The summed E-state index contributed by atoms with van der Waals surface area (Å²) in [6.45, 7) is 0. The second-order valence-electron chi connectivity index (χ2n) is 6.74. The van der Waals surface area contributed by atoms with Crippen molar-refractivity contribution < 1.29 is 9.90 Å². The maximum Gasteiger partial charge on any atom is 0.161 e. The zero-order valence-electron chi connectivity index (χ0n) is 14.7. The SMILES string of the molecule is N#CC1=C(N)N(c2ccccc2)C2=C(C(=O)CCC2)C1c1ccc(O)cc1. The fourth-order valence-electron chi connectivity index (χ4n) is 3.96. The van der Waals surface area contributed by atoms with Crippen molar-refractivity contribution in [3.63, 3.8) is 0 Å². The van der Waals surface area contributed by atoms with Crippen molar-refractivity contribution >= 4 is 11.5 Å². The molecule has 2 aromatic carbocycles. The number of nitrogens with zero attached hydrogens (tertiary/aromatic N) is 2. The first-order chi connectivity index (χ1) is 13.1. The Hall–Kier alpha value is -3.52. The smallest absolute Gasteiger partial charge is 0.161 e. The molecular formula is C22H19N3O2. The Morgan fingerprint density at radius 1 is 1.07 bits per heavy atom. The molecule has 0 amide bonds. The van der Waals surface area contributed by atoms with Crippen LogP contribution in [0, 0.1) is 11.3 Å². The lowest BCUT2D eigenvalue weighted by atomic mass is 9.75. The lowest BCUT2D eigenvalue weighted by Gasteiger charge is -2.39. The minimum absolute atomic E-state index is 0.0514. The second kappa shape index (κ2) is 6.65. The first-order valence-corrected chi connectivity index (χ1v) is 8.92. The lowest BCUT2D eigenvalue weighted by molar-refractivity contribution is -0.116. The molecule has 0 saturated carbocycles. The largest absolute Gasteiger partial charge is 0.508 e. The molecule has 0 aromatic heterocycles. The molecule has 0 spiro atoms. The Kier molecular flexibility index (Phi) is 4.17. The first-order valence-electron chi connectivity index (χ1n) is 8.92. The van der Waals surface area contributed by atoms with Crippen LogP contribution in [0.2, 0.25) is 0 Å². The van der Waals surface area contributed by atoms with E-state index in [1.807, 2.05) is 35.2 Å². The maximum absolute atomic E-state index is 12.9. The third-order valence-electron chi connectivity index (χ3n) is 5.15. The minimum atomic E-state index is -0.502. The Morgan fingerprint density at radius 2 is 1.78 bits per heavy atom. The molecule has 5 nitrogen and oxygen atoms in total. The van der Waals surface area contributed by atoms with Gasteiger partial charge < -0.3 is 10.8 Å². The van der Waals surface area contributed by atoms with Crippen molar-refractivity contribution in [3.8, 4) is 11.8 Å². The number of nitrogens with two attached hydrogens (primary N) is 1. The first kappa shape index (κ1) is 16.9. The van der Waals surface area contributed by atoms with Crippen LogP contribution < -0.4 is 10.6 Å². The van der Waals surface area contributed by atoms with Crippen LogP contribution in [0.15, 0.2) is 77.3 Å². The number of carbonyl (C=O) groups is 1. The third-order valence-corrected chi connectivity index (χ3v) is 5.15. The monoisotopic (exact) mass is 357 g/mol. The summed E-state index contributed by atoms with van der Waals surface area (Å²) in [5.41, 5.74) is 9.95. The summed E-state index contributed by atoms with van der Waals surface area (Å²) in [5, 5.41) is 19.5. The topological polar surface area (TPSA) is 90.4 Å². The van der Waals surface area contributed by atoms with Gasteiger partial charge in [0.15, 0.2) is 5.78 Å². The van der Waals surface area contributed by atoms with Crippen LogP contribution in [0.25, 0.3) is 0 Å². The fourth-order valence-corrected chi connectivity index (χ4v) is 3.96. The summed E-state index contributed by atoms with van der Waals surface area (Å²) in [7, 11) is 0. The molecule has 1 unspecified atom stereocenters. The van der Waals surface area contributed by atoms with Gasteiger partial charge in [0.05, 0.1) is 17.6 Å². The average Bonchev–Trinajstić information content (AvgIpc) is 2.69. The number of aromatic hydroxyl groups is 1. The number of ketones is 1. The second-order valence-corrected chi connectivity index (χ2v) is 6.74. The molecule has 1 heterocycles. The molecule has 27 heavy (non-hydrogen) atoms. The van der Waals surface area contributed by atoms with Gasteiger partial charge in [0.2, 0.25) is 0 Å². The number of phenols is 1. The Labute approximate surface area is 157 Å². The van der Waals surface area contributed by atoms with Crippen molar-refractivity contribution in [1.29, 1.82) is 5.26 Å². The van der Waals surface area contributed by atoms with E-state index in [4.69, 9.17) is 5.73 Å². The molecule has 0 saturated heterocycles. The Balaban J connectivity index is 1.96. The van der Waals surface area contributed by atoms with Crippen molar-refractivity contribution in [3.05, 3.63) is 82.8 Å². The number of benzene rings is 2. The van der Waals surface area contributed by atoms with Gasteiger partial charge in [-0.3, -0.25) is 9.69 Å². The van der Waals surface area contributed by atoms with E-state index in [1.165, 1.54) is 0 Å². The van der Waals surface area contributed by atoms with Gasteiger partial charge in [-0.2, -0.15) is 5.26 Å². The van der Waals surface area contributed by atoms with E-state index >= 15 is 0 Å². The molecule has 0 fully saturated rings. The molecule has 3 N–H and O–H groups in total. The van der Waals surface area contributed by atoms with Crippen LogP contribution in [0.4, 0.5) is 5.69 Å². The van der Waals surface area contributed by atoms with E-state index in [2.05, 4.69) is 6.07 Å². The highest BCUT2D eigenvalue weighted by atomic mass is 16.3. The highest BCUT2D eigenvalue weighted by molar-refractivity contribution is 6.01. The van der Waals surface area contributed by atoms with E-state index < -0.39 is 5.92 Å². The average molecular weight is 357 g/mol.